The first-order valence-electron chi connectivity index (χ1n) is 11.0. The number of carbonyl (C=O) groups is 3. The molecular weight excluding hydrogens is 406 g/mol. The maximum absolute atomic E-state index is 11.3. The molecule has 0 aromatic heterocycles. The first-order valence-corrected chi connectivity index (χ1v) is 11.0. The van der Waals surface area contributed by atoms with Crippen molar-refractivity contribution in [3.05, 3.63) is 0 Å². The molecule has 1 aliphatic rings. The van der Waals surface area contributed by atoms with E-state index in [9.17, 15) is 29.7 Å². The van der Waals surface area contributed by atoms with E-state index in [0.717, 1.165) is 32.2 Å². The van der Waals surface area contributed by atoms with Crippen molar-refractivity contribution in [3.8, 4) is 0 Å². The van der Waals surface area contributed by atoms with Gasteiger partial charge in [-0.1, -0.05) is 12.8 Å². The van der Waals surface area contributed by atoms with Crippen LogP contribution in [0.25, 0.3) is 0 Å². The van der Waals surface area contributed by atoms with Crippen molar-refractivity contribution in [2.75, 3.05) is 85.1 Å². The fourth-order valence-corrected chi connectivity index (χ4v) is 3.68. The van der Waals surface area contributed by atoms with E-state index < -0.39 is 17.9 Å². The predicted octanol–water partition coefficient (Wildman–Crippen LogP) is -1.02. The summed E-state index contributed by atoms with van der Waals surface area (Å²) in [5.74, 6) is -2.77. The molecule has 1 aliphatic heterocycles. The number of aliphatic carboxylic acids is 3. The Morgan fingerprint density at radius 2 is 0.871 bits per heavy atom. The van der Waals surface area contributed by atoms with Crippen LogP contribution in [0.4, 0.5) is 0 Å². The van der Waals surface area contributed by atoms with E-state index in [4.69, 9.17) is 5.73 Å². The van der Waals surface area contributed by atoms with Gasteiger partial charge >= 0.3 is 17.9 Å². The molecule has 1 fully saturated rings. The molecule has 0 amide bonds. The number of carboxylic acid groups (broad SMARTS) is 3. The minimum Gasteiger partial charge on any atom is -0.480 e. The van der Waals surface area contributed by atoms with Gasteiger partial charge in [0, 0.05) is 52.4 Å². The van der Waals surface area contributed by atoms with Gasteiger partial charge in [-0.15, -0.1) is 0 Å². The predicted molar refractivity (Wildman–Crippen MR) is 116 cm³/mol. The van der Waals surface area contributed by atoms with Crippen molar-refractivity contribution in [2.45, 2.75) is 25.7 Å². The molecule has 11 heteroatoms. The Balaban J connectivity index is 2.80. The van der Waals surface area contributed by atoms with Crippen LogP contribution < -0.4 is 5.73 Å². The second-order valence-corrected chi connectivity index (χ2v) is 8.05. The van der Waals surface area contributed by atoms with Crippen LogP contribution in [0.3, 0.4) is 0 Å². The van der Waals surface area contributed by atoms with Crippen LogP contribution >= 0.6 is 0 Å². The van der Waals surface area contributed by atoms with E-state index in [1.54, 1.807) is 4.90 Å². The van der Waals surface area contributed by atoms with Gasteiger partial charge in [-0.05, 0) is 25.9 Å². The molecule has 0 saturated carbocycles. The van der Waals surface area contributed by atoms with Crippen molar-refractivity contribution >= 4 is 17.9 Å². The zero-order chi connectivity index (χ0) is 23.1. The first kappa shape index (κ1) is 27.2. The molecule has 0 radical (unpaired) electrons. The summed E-state index contributed by atoms with van der Waals surface area (Å²) < 4.78 is 0. The van der Waals surface area contributed by atoms with Crippen molar-refractivity contribution in [3.63, 3.8) is 0 Å². The van der Waals surface area contributed by atoms with Gasteiger partial charge < -0.3 is 26.0 Å². The van der Waals surface area contributed by atoms with Crippen LogP contribution in [0.1, 0.15) is 25.7 Å². The van der Waals surface area contributed by atoms with Crippen molar-refractivity contribution in [1.82, 2.24) is 19.6 Å². The summed E-state index contributed by atoms with van der Waals surface area (Å²) in [5, 5.41) is 27.7. The van der Waals surface area contributed by atoms with Crippen molar-refractivity contribution in [1.29, 1.82) is 0 Å². The normalized spacial score (nSPS) is 18.9. The number of rotatable bonds is 12. The van der Waals surface area contributed by atoms with E-state index in [0.29, 0.717) is 58.9 Å². The molecule has 1 heterocycles. The van der Waals surface area contributed by atoms with Crippen molar-refractivity contribution in [2.24, 2.45) is 5.73 Å². The van der Waals surface area contributed by atoms with Gasteiger partial charge in [0.25, 0.3) is 0 Å². The number of nitrogens with zero attached hydrogens (tertiary/aromatic N) is 4. The highest BCUT2D eigenvalue weighted by atomic mass is 16.4. The number of nitrogens with two attached hydrogens (primary N) is 1. The SMILES string of the molecule is NCCCCCCN1CCN(CC(=O)O)CCN(CC(=O)O)CCN(CC(=O)O)CC1. The molecule has 0 unspecified atom stereocenters. The maximum atomic E-state index is 11.3. The van der Waals surface area contributed by atoms with Gasteiger partial charge in [0.1, 0.15) is 0 Å². The summed E-state index contributed by atoms with van der Waals surface area (Å²) in [6.07, 6.45) is 4.19. The molecule has 0 aromatic carbocycles. The topological polar surface area (TPSA) is 151 Å². The van der Waals surface area contributed by atoms with Crippen LogP contribution in [0, 0.1) is 0 Å². The summed E-state index contributed by atoms with van der Waals surface area (Å²) in [5.41, 5.74) is 5.54. The molecule has 0 atom stereocenters. The van der Waals surface area contributed by atoms with Gasteiger partial charge in [-0.3, -0.25) is 29.1 Å². The number of carboxylic acids is 3. The molecule has 11 nitrogen and oxygen atoms in total. The molecule has 31 heavy (non-hydrogen) atoms. The number of unbranched alkanes of at least 4 members (excludes halogenated alkanes) is 3. The van der Waals surface area contributed by atoms with E-state index in [1.807, 2.05) is 9.80 Å². The van der Waals surface area contributed by atoms with Crippen LogP contribution in [0.15, 0.2) is 0 Å². The third-order valence-electron chi connectivity index (χ3n) is 5.43. The fraction of sp³-hybridized carbons (Fsp3) is 0.850. The quantitative estimate of drug-likeness (QED) is 0.273. The molecule has 5 N–H and O–H groups in total. The smallest absolute Gasteiger partial charge is 0.317 e. The largest absolute Gasteiger partial charge is 0.480 e. The molecule has 0 aliphatic carbocycles. The van der Waals surface area contributed by atoms with Crippen LogP contribution in [0.5, 0.6) is 0 Å². The van der Waals surface area contributed by atoms with E-state index in [1.165, 1.54) is 0 Å². The van der Waals surface area contributed by atoms with E-state index in [-0.39, 0.29) is 19.6 Å². The summed E-state index contributed by atoms with van der Waals surface area (Å²) in [4.78, 5) is 41.4. The lowest BCUT2D eigenvalue weighted by molar-refractivity contribution is -0.140. The highest BCUT2D eigenvalue weighted by Gasteiger charge is 2.19. The molecule has 0 bridgehead atoms. The van der Waals surface area contributed by atoms with Crippen molar-refractivity contribution < 1.29 is 29.7 Å². The van der Waals surface area contributed by atoms with Gasteiger partial charge in [0.15, 0.2) is 0 Å². The lowest BCUT2D eigenvalue weighted by atomic mass is 10.2. The molecule has 1 rings (SSSR count). The maximum Gasteiger partial charge on any atom is 0.317 e. The fourth-order valence-electron chi connectivity index (χ4n) is 3.68. The average Bonchev–Trinajstić information content (AvgIpc) is 2.68. The summed E-state index contributed by atoms with van der Waals surface area (Å²) in [6, 6.07) is 0. The Labute approximate surface area is 184 Å². The monoisotopic (exact) mass is 445 g/mol. The highest BCUT2D eigenvalue weighted by Crippen LogP contribution is 2.05. The van der Waals surface area contributed by atoms with Gasteiger partial charge in [-0.25, -0.2) is 0 Å². The third kappa shape index (κ3) is 14.0. The van der Waals surface area contributed by atoms with Crippen LogP contribution in [0.2, 0.25) is 0 Å². The van der Waals surface area contributed by atoms with Crippen LogP contribution in [-0.4, -0.2) is 138 Å². The summed E-state index contributed by atoms with van der Waals surface area (Å²) >= 11 is 0. The van der Waals surface area contributed by atoms with Gasteiger partial charge in [0.2, 0.25) is 0 Å². The Hall–Kier alpha value is -1.79. The lowest BCUT2D eigenvalue weighted by Gasteiger charge is -2.33. The van der Waals surface area contributed by atoms with Gasteiger partial charge in [0.05, 0.1) is 19.6 Å². The van der Waals surface area contributed by atoms with Crippen LogP contribution in [-0.2, 0) is 14.4 Å². The Morgan fingerprint density at radius 1 is 0.548 bits per heavy atom. The van der Waals surface area contributed by atoms with E-state index in [2.05, 4.69) is 4.90 Å². The molecule has 180 valence electrons. The van der Waals surface area contributed by atoms with Gasteiger partial charge in [-0.2, -0.15) is 0 Å². The minimum atomic E-state index is -0.956. The molecule has 1 saturated heterocycles. The Morgan fingerprint density at radius 3 is 1.19 bits per heavy atom. The summed E-state index contributed by atoms with van der Waals surface area (Å²) in [7, 11) is 0. The zero-order valence-corrected chi connectivity index (χ0v) is 18.5. The lowest BCUT2D eigenvalue weighted by Crippen LogP contribution is -2.48. The minimum absolute atomic E-state index is 0.0869. The Kier molecular flexibility index (Phi) is 14.0. The third-order valence-corrected chi connectivity index (χ3v) is 5.43. The zero-order valence-electron chi connectivity index (χ0n) is 18.5. The molecule has 0 aromatic rings. The van der Waals surface area contributed by atoms with E-state index >= 15 is 0 Å². The summed E-state index contributed by atoms with van der Waals surface area (Å²) in [6.45, 7) is 5.46. The number of hydrogen-bond acceptors (Lipinski definition) is 8. The molecular formula is C20H39N5O6. The second-order valence-electron chi connectivity index (χ2n) is 8.05. The number of hydrogen-bond donors (Lipinski definition) is 4. The molecule has 0 spiro atoms. The highest BCUT2D eigenvalue weighted by molar-refractivity contribution is 5.69. The second kappa shape index (κ2) is 15.9. The standard InChI is InChI=1S/C20H39N5O6/c21-5-3-1-2-4-6-22-7-9-23(15-18(26)27)11-13-25(17-20(30)31)14-12-24(10-8-22)16-19(28)29/h1-17,21H2,(H,26,27)(H,28,29)(H,30,31). The first-order chi connectivity index (χ1) is 14.8. The Bertz CT molecular complexity index is 518. The average molecular weight is 446 g/mol.